The van der Waals surface area contributed by atoms with E-state index in [-0.39, 0.29) is 6.61 Å². The highest BCUT2D eigenvalue weighted by atomic mass is 16.3. The largest absolute Gasteiger partial charge is 0.395 e. The first-order valence-electron chi connectivity index (χ1n) is 11.5. The van der Waals surface area contributed by atoms with Crippen LogP contribution in [0.1, 0.15) is 55.3 Å². The van der Waals surface area contributed by atoms with E-state index in [0.717, 1.165) is 19.5 Å². The molecule has 1 aliphatic carbocycles. The van der Waals surface area contributed by atoms with Gasteiger partial charge in [0.2, 0.25) is 0 Å². The standard InChI is InChI=1S/C27H32N2O/c1-19-9-10-21(20-6-3-2-4-7-20)16-26(19)22-11-12-27-23(14-22)15-24(28-27)17-29-13-5-8-25(29)18-30/h6,9-12,14-16,25,28,30H,2-5,7-8,13,17-18H2,1H3/t25-/m1/s1. The SMILES string of the molecule is Cc1ccc(C2=CCCCC2)cc1-c1ccc2[nH]c(CN3CCC[C@@H]3CO)cc2c1. The quantitative estimate of drug-likeness (QED) is 0.547. The summed E-state index contributed by atoms with van der Waals surface area (Å²) in [5, 5.41) is 10.9. The van der Waals surface area contributed by atoms with E-state index in [9.17, 15) is 5.11 Å². The zero-order chi connectivity index (χ0) is 20.5. The number of aliphatic hydroxyl groups excluding tert-OH is 1. The maximum atomic E-state index is 9.60. The Kier molecular flexibility index (Phi) is 5.49. The summed E-state index contributed by atoms with van der Waals surface area (Å²) in [5.74, 6) is 0. The molecule has 3 aromatic rings. The van der Waals surface area contributed by atoms with E-state index in [0.29, 0.717) is 6.04 Å². The van der Waals surface area contributed by atoms with E-state index in [2.05, 4.69) is 65.3 Å². The van der Waals surface area contributed by atoms with Crippen molar-refractivity contribution in [3.05, 3.63) is 65.4 Å². The predicted octanol–water partition coefficient (Wildman–Crippen LogP) is 6.06. The highest BCUT2D eigenvalue weighted by molar-refractivity contribution is 5.87. The number of aromatic amines is 1. The van der Waals surface area contributed by atoms with Gasteiger partial charge in [-0.25, -0.2) is 0 Å². The lowest BCUT2D eigenvalue weighted by Crippen LogP contribution is -2.31. The van der Waals surface area contributed by atoms with Gasteiger partial charge in [-0.1, -0.05) is 24.3 Å². The average Bonchev–Trinajstić information content (AvgIpc) is 3.40. The Morgan fingerprint density at radius 3 is 2.77 bits per heavy atom. The molecule has 2 aromatic carbocycles. The summed E-state index contributed by atoms with van der Waals surface area (Å²) in [4.78, 5) is 5.99. The monoisotopic (exact) mass is 400 g/mol. The Morgan fingerprint density at radius 1 is 1.03 bits per heavy atom. The van der Waals surface area contributed by atoms with Crippen LogP contribution in [0.15, 0.2) is 48.5 Å². The molecule has 2 aliphatic rings. The van der Waals surface area contributed by atoms with Gasteiger partial charge >= 0.3 is 0 Å². The van der Waals surface area contributed by atoms with Crippen LogP contribution in [0.2, 0.25) is 0 Å². The number of aromatic nitrogens is 1. The number of hydrogen-bond donors (Lipinski definition) is 2. The van der Waals surface area contributed by atoms with Gasteiger partial charge in [0.25, 0.3) is 0 Å². The van der Waals surface area contributed by atoms with E-state index in [1.54, 1.807) is 0 Å². The normalized spacial score (nSPS) is 20.1. The van der Waals surface area contributed by atoms with Crippen LogP contribution in [0.3, 0.4) is 0 Å². The van der Waals surface area contributed by atoms with Crippen molar-refractivity contribution < 1.29 is 5.11 Å². The van der Waals surface area contributed by atoms with Gasteiger partial charge in [-0.15, -0.1) is 0 Å². The van der Waals surface area contributed by atoms with E-state index >= 15 is 0 Å². The Balaban J connectivity index is 1.44. The number of aliphatic hydroxyl groups is 1. The second kappa shape index (κ2) is 8.41. The molecule has 2 heterocycles. The van der Waals surface area contributed by atoms with Crippen molar-refractivity contribution in [2.45, 2.75) is 58.0 Å². The Labute approximate surface area is 179 Å². The van der Waals surface area contributed by atoms with Crippen LogP contribution in [-0.2, 0) is 6.54 Å². The zero-order valence-corrected chi connectivity index (χ0v) is 18.0. The van der Waals surface area contributed by atoms with Crippen LogP contribution in [0, 0.1) is 6.92 Å². The minimum Gasteiger partial charge on any atom is -0.395 e. The van der Waals surface area contributed by atoms with Gasteiger partial charge in [-0.05, 0) is 104 Å². The number of benzene rings is 2. The maximum Gasteiger partial charge on any atom is 0.0587 e. The third-order valence-corrected chi connectivity index (χ3v) is 6.97. The third-order valence-electron chi connectivity index (χ3n) is 6.97. The molecule has 0 unspecified atom stereocenters. The highest BCUT2D eigenvalue weighted by Gasteiger charge is 2.24. The Hall–Kier alpha value is -2.36. The van der Waals surface area contributed by atoms with Crippen molar-refractivity contribution in [3.63, 3.8) is 0 Å². The summed E-state index contributed by atoms with van der Waals surface area (Å²) in [5.41, 5.74) is 9.28. The van der Waals surface area contributed by atoms with Crippen LogP contribution in [0.5, 0.6) is 0 Å². The van der Waals surface area contributed by atoms with Crippen LogP contribution in [-0.4, -0.2) is 34.2 Å². The number of hydrogen-bond acceptors (Lipinski definition) is 2. The molecule has 156 valence electrons. The molecule has 1 saturated heterocycles. The molecule has 2 N–H and O–H groups in total. The smallest absolute Gasteiger partial charge is 0.0587 e. The van der Waals surface area contributed by atoms with Crippen molar-refractivity contribution in [2.24, 2.45) is 0 Å². The molecule has 0 bridgehead atoms. The van der Waals surface area contributed by atoms with E-state index in [1.807, 2.05) is 0 Å². The van der Waals surface area contributed by atoms with Gasteiger partial charge in [0, 0.05) is 29.2 Å². The summed E-state index contributed by atoms with van der Waals surface area (Å²) >= 11 is 0. The van der Waals surface area contributed by atoms with Crippen molar-refractivity contribution in [1.82, 2.24) is 9.88 Å². The lowest BCUT2D eigenvalue weighted by atomic mass is 9.90. The number of aryl methyl sites for hydroxylation is 1. The van der Waals surface area contributed by atoms with Gasteiger partial charge in [-0.3, -0.25) is 4.90 Å². The number of allylic oxidation sites excluding steroid dienone is 2. The average molecular weight is 401 g/mol. The van der Waals surface area contributed by atoms with Crippen molar-refractivity contribution in [1.29, 1.82) is 0 Å². The molecule has 0 spiro atoms. The summed E-state index contributed by atoms with van der Waals surface area (Å²) in [6.07, 6.45) is 9.76. The van der Waals surface area contributed by atoms with E-state index < -0.39 is 0 Å². The molecule has 3 nitrogen and oxygen atoms in total. The predicted molar refractivity (Wildman–Crippen MR) is 125 cm³/mol. The Morgan fingerprint density at radius 2 is 1.93 bits per heavy atom. The highest BCUT2D eigenvalue weighted by Crippen LogP contribution is 2.33. The molecule has 3 heteroatoms. The molecule has 1 aromatic heterocycles. The number of nitrogens with one attached hydrogen (secondary N) is 1. The van der Waals surface area contributed by atoms with Crippen molar-refractivity contribution in [3.8, 4) is 11.1 Å². The summed E-state index contributed by atoms with van der Waals surface area (Å²) in [7, 11) is 0. The first-order valence-corrected chi connectivity index (χ1v) is 11.5. The van der Waals surface area contributed by atoms with Crippen LogP contribution >= 0.6 is 0 Å². The fraction of sp³-hybridized carbons (Fsp3) is 0.407. The second-order valence-electron chi connectivity index (χ2n) is 9.05. The van der Waals surface area contributed by atoms with Gasteiger partial charge in [0.15, 0.2) is 0 Å². The molecule has 5 rings (SSSR count). The lowest BCUT2D eigenvalue weighted by Gasteiger charge is -2.21. The fourth-order valence-electron chi connectivity index (χ4n) is 5.21. The molecule has 0 saturated carbocycles. The topological polar surface area (TPSA) is 39.3 Å². The fourth-order valence-corrected chi connectivity index (χ4v) is 5.21. The van der Waals surface area contributed by atoms with Gasteiger partial charge in [-0.2, -0.15) is 0 Å². The lowest BCUT2D eigenvalue weighted by molar-refractivity contribution is 0.152. The molecule has 1 atom stereocenters. The second-order valence-corrected chi connectivity index (χ2v) is 9.05. The number of nitrogens with zero attached hydrogens (tertiary/aromatic N) is 1. The van der Waals surface area contributed by atoms with E-state index in [1.165, 1.54) is 76.5 Å². The molecule has 1 aliphatic heterocycles. The van der Waals surface area contributed by atoms with Gasteiger partial charge in [0.1, 0.15) is 0 Å². The summed E-state index contributed by atoms with van der Waals surface area (Å²) in [6.45, 7) is 4.44. The first-order chi connectivity index (χ1) is 14.7. The van der Waals surface area contributed by atoms with Crippen molar-refractivity contribution in [2.75, 3.05) is 13.2 Å². The molecular formula is C27H32N2O. The van der Waals surface area contributed by atoms with Gasteiger partial charge in [0.05, 0.1) is 6.61 Å². The minimum atomic E-state index is 0.260. The molecular weight excluding hydrogens is 368 g/mol. The Bertz CT molecular complexity index is 1080. The number of fused-ring (bicyclic) bond motifs is 1. The molecule has 1 fully saturated rings. The van der Waals surface area contributed by atoms with Crippen molar-refractivity contribution >= 4 is 16.5 Å². The van der Waals surface area contributed by atoms with Crippen LogP contribution in [0.25, 0.3) is 27.6 Å². The zero-order valence-electron chi connectivity index (χ0n) is 18.0. The molecule has 0 radical (unpaired) electrons. The maximum absolute atomic E-state index is 9.60. The molecule has 0 amide bonds. The number of rotatable bonds is 5. The van der Waals surface area contributed by atoms with E-state index in [4.69, 9.17) is 0 Å². The summed E-state index contributed by atoms with van der Waals surface area (Å²) < 4.78 is 0. The first kappa shape index (κ1) is 19.6. The third kappa shape index (κ3) is 3.84. The number of H-pyrrole nitrogens is 1. The molecule has 30 heavy (non-hydrogen) atoms. The number of likely N-dealkylation sites (tertiary alicyclic amines) is 1. The van der Waals surface area contributed by atoms with Crippen LogP contribution < -0.4 is 0 Å². The van der Waals surface area contributed by atoms with Gasteiger partial charge < -0.3 is 10.1 Å². The summed E-state index contributed by atoms with van der Waals surface area (Å²) in [6, 6.07) is 16.3. The van der Waals surface area contributed by atoms with Crippen LogP contribution in [0.4, 0.5) is 0 Å². The minimum absolute atomic E-state index is 0.260.